The van der Waals surface area contributed by atoms with Crippen molar-refractivity contribution in [1.82, 2.24) is 0 Å². The Kier molecular flexibility index (Phi) is 3.27. The Bertz CT molecular complexity index is 486. The fourth-order valence-electron chi connectivity index (χ4n) is 2.21. The molecule has 3 heteroatoms. The van der Waals surface area contributed by atoms with Gasteiger partial charge < -0.3 is 5.73 Å². The number of hydrogen-bond acceptors (Lipinski definition) is 3. The molecule has 0 radical (unpaired) electrons. The Labute approximate surface area is 102 Å². The molecule has 1 aromatic carbocycles. The van der Waals surface area contributed by atoms with Crippen LogP contribution < -0.4 is 5.73 Å². The van der Waals surface area contributed by atoms with Crippen LogP contribution in [0.3, 0.4) is 0 Å². The third-order valence-corrected chi connectivity index (χ3v) is 3.29. The zero-order chi connectivity index (χ0) is 12.4. The molecule has 0 fully saturated rings. The summed E-state index contributed by atoms with van der Waals surface area (Å²) in [6.45, 7) is 6.39. The minimum absolute atomic E-state index is 0.396. The lowest BCUT2D eigenvalue weighted by atomic mass is 9.88. The van der Waals surface area contributed by atoms with Crippen molar-refractivity contribution in [2.24, 2.45) is 21.9 Å². The first-order valence-corrected chi connectivity index (χ1v) is 6.09. The standard InChI is InChI=1S/C14H19N3/c1-4-11-8-13(15)16-17-14(11)12-7-9(2)5-6-10(12)3/h5-7,11H,4,8H2,1-3H3,(H2,15,16). The van der Waals surface area contributed by atoms with Crippen LogP contribution >= 0.6 is 0 Å². The highest BCUT2D eigenvalue weighted by Gasteiger charge is 2.22. The molecule has 90 valence electrons. The van der Waals surface area contributed by atoms with Gasteiger partial charge in [0.1, 0.15) is 5.84 Å². The van der Waals surface area contributed by atoms with E-state index in [1.165, 1.54) is 16.7 Å². The molecule has 1 unspecified atom stereocenters. The van der Waals surface area contributed by atoms with Gasteiger partial charge in [0.05, 0.1) is 5.71 Å². The van der Waals surface area contributed by atoms with E-state index in [0.717, 1.165) is 18.6 Å². The Morgan fingerprint density at radius 3 is 2.76 bits per heavy atom. The lowest BCUT2D eigenvalue weighted by Crippen LogP contribution is -2.27. The maximum atomic E-state index is 5.75. The van der Waals surface area contributed by atoms with Crippen molar-refractivity contribution in [3.05, 3.63) is 34.9 Å². The van der Waals surface area contributed by atoms with E-state index in [1.807, 2.05) is 0 Å². The molecule has 0 aromatic heterocycles. The first kappa shape index (κ1) is 11.8. The van der Waals surface area contributed by atoms with Crippen molar-refractivity contribution in [2.45, 2.75) is 33.6 Å². The number of hydrogen-bond donors (Lipinski definition) is 1. The molecule has 2 N–H and O–H groups in total. The molecule has 0 spiro atoms. The quantitative estimate of drug-likeness (QED) is 0.833. The first-order chi connectivity index (χ1) is 8.11. The summed E-state index contributed by atoms with van der Waals surface area (Å²) in [5, 5.41) is 8.35. The van der Waals surface area contributed by atoms with Crippen molar-refractivity contribution < 1.29 is 0 Å². The van der Waals surface area contributed by atoms with E-state index in [4.69, 9.17) is 5.73 Å². The van der Waals surface area contributed by atoms with Gasteiger partial charge in [-0.2, -0.15) is 5.10 Å². The highest BCUT2D eigenvalue weighted by molar-refractivity contribution is 6.06. The topological polar surface area (TPSA) is 50.7 Å². The molecule has 0 saturated carbocycles. The summed E-state index contributed by atoms with van der Waals surface area (Å²) in [5.41, 5.74) is 10.6. The number of benzene rings is 1. The van der Waals surface area contributed by atoms with Gasteiger partial charge in [-0.25, -0.2) is 0 Å². The molecule has 1 atom stereocenters. The fraction of sp³-hybridized carbons (Fsp3) is 0.429. The van der Waals surface area contributed by atoms with Crippen LogP contribution in [0.5, 0.6) is 0 Å². The van der Waals surface area contributed by atoms with Crippen LogP contribution in [0, 0.1) is 19.8 Å². The minimum Gasteiger partial charge on any atom is -0.386 e. The number of nitrogens with two attached hydrogens (primary N) is 1. The maximum Gasteiger partial charge on any atom is 0.123 e. The largest absolute Gasteiger partial charge is 0.386 e. The van der Waals surface area contributed by atoms with Gasteiger partial charge in [0.2, 0.25) is 0 Å². The molecule has 1 heterocycles. The minimum atomic E-state index is 0.396. The average molecular weight is 229 g/mol. The summed E-state index contributed by atoms with van der Waals surface area (Å²) < 4.78 is 0. The molecule has 0 bridgehead atoms. The van der Waals surface area contributed by atoms with E-state index in [1.54, 1.807) is 0 Å². The first-order valence-electron chi connectivity index (χ1n) is 6.09. The number of rotatable bonds is 2. The second-order valence-corrected chi connectivity index (χ2v) is 4.70. The summed E-state index contributed by atoms with van der Waals surface area (Å²) in [5.74, 6) is 1.04. The molecule has 1 aliphatic heterocycles. The van der Waals surface area contributed by atoms with Gasteiger partial charge in [-0.1, -0.05) is 24.6 Å². The molecule has 3 nitrogen and oxygen atoms in total. The third-order valence-electron chi connectivity index (χ3n) is 3.29. The highest BCUT2D eigenvalue weighted by Crippen LogP contribution is 2.23. The van der Waals surface area contributed by atoms with Crippen molar-refractivity contribution in [1.29, 1.82) is 0 Å². The number of nitrogens with zero attached hydrogens (tertiary/aromatic N) is 2. The van der Waals surface area contributed by atoms with Crippen LogP contribution in [0.25, 0.3) is 0 Å². The predicted molar refractivity (Wildman–Crippen MR) is 72.5 cm³/mol. The number of aryl methyl sites for hydroxylation is 2. The van der Waals surface area contributed by atoms with E-state index in [0.29, 0.717) is 11.8 Å². The van der Waals surface area contributed by atoms with Gasteiger partial charge >= 0.3 is 0 Å². The predicted octanol–water partition coefficient (Wildman–Crippen LogP) is 2.79. The molecule has 0 amide bonds. The van der Waals surface area contributed by atoms with E-state index >= 15 is 0 Å². The molecule has 17 heavy (non-hydrogen) atoms. The van der Waals surface area contributed by atoms with Crippen LogP contribution in [0.1, 0.15) is 36.5 Å². The molecule has 1 aliphatic rings. The summed E-state index contributed by atoms with van der Waals surface area (Å²) in [6, 6.07) is 6.45. The summed E-state index contributed by atoms with van der Waals surface area (Å²) >= 11 is 0. The van der Waals surface area contributed by atoms with Gasteiger partial charge in [-0.3, -0.25) is 0 Å². The van der Waals surface area contributed by atoms with E-state index < -0.39 is 0 Å². The Morgan fingerprint density at radius 1 is 1.29 bits per heavy atom. The zero-order valence-electron chi connectivity index (χ0n) is 10.7. The van der Waals surface area contributed by atoms with Crippen LogP contribution in [-0.4, -0.2) is 11.5 Å². The molecule has 2 rings (SSSR count). The normalized spacial score (nSPS) is 19.8. The van der Waals surface area contributed by atoms with Crippen LogP contribution in [0.15, 0.2) is 28.4 Å². The Morgan fingerprint density at radius 2 is 2.06 bits per heavy atom. The van der Waals surface area contributed by atoms with Crippen molar-refractivity contribution in [3.8, 4) is 0 Å². The van der Waals surface area contributed by atoms with Crippen LogP contribution in [0.4, 0.5) is 0 Å². The zero-order valence-corrected chi connectivity index (χ0v) is 10.7. The average Bonchev–Trinajstić information content (AvgIpc) is 2.32. The van der Waals surface area contributed by atoms with Crippen LogP contribution in [0.2, 0.25) is 0 Å². The van der Waals surface area contributed by atoms with Crippen molar-refractivity contribution in [2.75, 3.05) is 0 Å². The van der Waals surface area contributed by atoms with E-state index in [2.05, 4.69) is 49.2 Å². The van der Waals surface area contributed by atoms with Gasteiger partial charge in [0.25, 0.3) is 0 Å². The maximum absolute atomic E-state index is 5.75. The Hall–Kier alpha value is -1.64. The van der Waals surface area contributed by atoms with Gasteiger partial charge in [0.15, 0.2) is 0 Å². The van der Waals surface area contributed by atoms with E-state index in [9.17, 15) is 0 Å². The monoisotopic (exact) mass is 229 g/mol. The third kappa shape index (κ3) is 2.38. The summed E-state index contributed by atoms with van der Waals surface area (Å²) in [6.07, 6.45) is 1.87. The highest BCUT2D eigenvalue weighted by atomic mass is 15.2. The van der Waals surface area contributed by atoms with Crippen molar-refractivity contribution in [3.63, 3.8) is 0 Å². The lowest BCUT2D eigenvalue weighted by molar-refractivity contribution is 0.676. The lowest BCUT2D eigenvalue weighted by Gasteiger charge is -2.21. The van der Waals surface area contributed by atoms with Crippen LogP contribution in [-0.2, 0) is 0 Å². The molecular weight excluding hydrogens is 210 g/mol. The van der Waals surface area contributed by atoms with Gasteiger partial charge in [-0.15, -0.1) is 5.10 Å². The summed E-state index contributed by atoms with van der Waals surface area (Å²) in [4.78, 5) is 0. The Balaban J connectivity index is 2.47. The second kappa shape index (κ2) is 4.70. The smallest absolute Gasteiger partial charge is 0.123 e. The van der Waals surface area contributed by atoms with Crippen molar-refractivity contribution >= 4 is 11.5 Å². The fourth-order valence-corrected chi connectivity index (χ4v) is 2.21. The SMILES string of the molecule is CCC1CC(N)=NN=C1c1cc(C)ccc1C. The van der Waals surface area contributed by atoms with E-state index in [-0.39, 0.29) is 0 Å². The second-order valence-electron chi connectivity index (χ2n) is 4.70. The molecule has 0 aliphatic carbocycles. The molecule has 0 saturated heterocycles. The molecular formula is C14H19N3. The molecule has 1 aromatic rings. The van der Waals surface area contributed by atoms with Gasteiger partial charge in [-0.05, 0) is 31.9 Å². The van der Waals surface area contributed by atoms with Gasteiger partial charge in [0, 0.05) is 17.9 Å². The summed E-state index contributed by atoms with van der Waals surface area (Å²) in [7, 11) is 0. The number of amidine groups is 1.